The summed E-state index contributed by atoms with van der Waals surface area (Å²) in [5.74, 6) is -1.40. The van der Waals surface area contributed by atoms with E-state index in [1.165, 1.54) is 18.2 Å². The Balaban J connectivity index is 2.80. The molecule has 0 unspecified atom stereocenters. The van der Waals surface area contributed by atoms with Gasteiger partial charge in [0.05, 0.1) is 17.0 Å². The molecule has 0 amide bonds. The van der Waals surface area contributed by atoms with Gasteiger partial charge in [0.25, 0.3) is 0 Å². The van der Waals surface area contributed by atoms with Crippen molar-refractivity contribution >= 4 is 28.5 Å². The molecule has 0 saturated carbocycles. The number of hydrogen-bond acceptors (Lipinski definition) is 2. The van der Waals surface area contributed by atoms with E-state index in [9.17, 15) is 18.0 Å². The van der Waals surface area contributed by atoms with Crippen LogP contribution in [0.3, 0.4) is 0 Å². The Hall–Kier alpha value is -1.82. The number of carboxylic acid groups (broad SMARTS) is 1. The van der Waals surface area contributed by atoms with Crippen LogP contribution in [0.4, 0.5) is 13.2 Å². The predicted octanol–water partition coefficient (Wildman–Crippen LogP) is 3.53. The van der Waals surface area contributed by atoms with Crippen LogP contribution in [0.1, 0.15) is 11.3 Å². The summed E-state index contributed by atoms with van der Waals surface area (Å²) in [6.45, 7) is 0. The summed E-state index contributed by atoms with van der Waals surface area (Å²) in [7, 11) is 0. The molecule has 100 valence electrons. The fourth-order valence-corrected chi connectivity index (χ4v) is 2.07. The third kappa shape index (κ3) is 2.63. The molecule has 19 heavy (non-hydrogen) atoms. The first kappa shape index (κ1) is 13.6. The zero-order chi connectivity index (χ0) is 14.2. The van der Waals surface area contributed by atoms with Crippen molar-refractivity contribution in [1.29, 1.82) is 0 Å². The van der Waals surface area contributed by atoms with Crippen LogP contribution >= 0.6 is 11.6 Å². The minimum Gasteiger partial charge on any atom is -0.481 e. The van der Waals surface area contributed by atoms with Crippen molar-refractivity contribution in [2.45, 2.75) is 12.6 Å². The summed E-state index contributed by atoms with van der Waals surface area (Å²) >= 11 is 5.89. The topological polar surface area (TPSA) is 50.2 Å². The van der Waals surface area contributed by atoms with Crippen LogP contribution in [0.25, 0.3) is 10.9 Å². The van der Waals surface area contributed by atoms with Crippen molar-refractivity contribution in [2.75, 3.05) is 0 Å². The van der Waals surface area contributed by atoms with E-state index in [1.54, 1.807) is 6.07 Å². The molecule has 2 aromatic rings. The standard InChI is InChI=1S/C12H7ClF3NO2/c13-10-6-3-1-2-4-8(6)17-11(12(14,15)16)7(10)5-9(18)19/h1-4H,5H2,(H,18,19). The molecule has 0 saturated heterocycles. The number of aromatic nitrogens is 1. The van der Waals surface area contributed by atoms with Gasteiger partial charge in [-0.05, 0) is 6.07 Å². The Morgan fingerprint density at radius 2 is 1.95 bits per heavy atom. The first-order valence-corrected chi connectivity index (χ1v) is 5.54. The summed E-state index contributed by atoms with van der Waals surface area (Å²) in [6, 6.07) is 6.01. The van der Waals surface area contributed by atoms with Gasteiger partial charge in [0.1, 0.15) is 5.69 Å². The van der Waals surface area contributed by atoms with Crippen LogP contribution in [0.15, 0.2) is 24.3 Å². The van der Waals surface area contributed by atoms with E-state index in [0.717, 1.165) is 0 Å². The minimum absolute atomic E-state index is 0.0777. The van der Waals surface area contributed by atoms with E-state index < -0.39 is 29.8 Å². The molecule has 1 aromatic carbocycles. The smallest absolute Gasteiger partial charge is 0.433 e. The molecule has 0 fully saturated rings. The molecular weight excluding hydrogens is 283 g/mol. The number of halogens is 4. The van der Waals surface area contributed by atoms with Crippen molar-refractivity contribution in [3.05, 3.63) is 40.5 Å². The highest BCUT2D eigenvalue weighted by atomic mass is 35.5. The zero-order valence-electron chi connectivity index (χ0n) is 9.33. The van der Waals surface area contributed by atoms with E-state index in [4.69, 9.17) is 16.7 Å². The van der Waals surface area contributed by atoms with Gasteiger partial charge in [0.15, 0.2) is 0 Å². The summed E-state index contributed by atoms with van der Waals surface area (Å²) in [5.41, 5.74) is -1.69. The molecule has 1 aromatic heterocycles. The molecule has 0 aliphatic carbocycles. The van der Waals surface area contributed by atoms with Crippen LogP contribution in [0.5, 0.6) is 0 Å². The molecule has 1 N–H and O–H groups in total. The molecule has 3 nitrogen and oxygen atoms in total. The lowest BCUT2D eigenvalue weighted by atomic mass is 10.1. The lowest BCUT2D eigenvalue weighted by Gasteiger charge is -2.14. The van der Waals surface area contributed by atoms with Gasteiger partial charge in [0.2, 0.25) is 0 Å². The van der Waals surface area contributed by atoms with E-state index >= 15 is 0 Å². The number of carbonyl (C=O) groups is 1. The maximum atomic E-state index is 12.9. The average Bonchev–Trinajstić information content (AvgIpc) is 2.31. The van der Waals surface area contributed by atoms with Crippen LogP contribution < -0.4 is 0 Å². The van der Waals surface area contributed by atoms with Crippen LogP contribution in [0.2, 0.25) is 5.02 Å². The van der Waals surface area contributed by atoms with Gasteiger partial charge >= 0.3 is 12.1 Å². The van der Waals surface area contributed by atoms with E-state index in [1.807, 2.05) is 0 Å². The summed E-state index contributed by atoms with van der Waals surface area (Å²) in [5, 5.41) is 8.78. The number of hydrogen-bond donors (Lipinski definition) is 1. The molecule has 2 rings (SSSR count). The quantitative estimate of drug-likeness (QED) is 0.920. The maximum Gasteiger partial charge on any atom is 0.433 e. The number of benzene rings is 1. The molecule has 0 aliphatic heterocycles. The average molecular weight is 290 g/mol. The number of alkyl halides is 3. The van der Waals surface area contributed by atoms with Gasteiger partial charge in [-0.15, -0.1) is 0 Å². The van der Waals surface area contributed by atoms with E-state index in [2.05, 4.69) is 4.98 Å². The molecule has 0 aliphatic rings. The molecular formula is C12H7ClF3NO2. The van der Waals surface area contributed by atoms with Crippen molar-refractivity contribution in [3.8, 4) is 0 Å². The number of para-hydroxylation sites is 1. The van der Waals surface area contributed by atoms with Crippen LogP contribution in [0, 0.1) is 0 Å². The maximum absolute atomic E-state index is 12.9. The molecule has 7 heteroatoms. The Morgan fingerprint density at radius 3 is 2.53 bits per heavy atom. The fourth-order valence-electron chi connectivity index (χ4n) is 1.76. The number of rotatable bonds is 2. The Kier molecular flexibility index (Phi) is 3.36. The number of nitrogens with zero attached hydrogens (tertiary/aromatic N) is 1. The number of fused-ring (bicyclic) bond motifs is 1. The van der Waals surface area contributed by atoms with Gasteiger partial charge < -0.3 is 5.11 Å². The molecule has 0 atom stereocenters. The number of pyridine rings is 1. The second-order valence-corrected chi connectivity index (χ2v) is 4.22. The van der Waals surface area contributed by atoms with Crippen molar-refractivity contribution in [1.82, 2.24) is 4.98 Å². The Labute approximate surface area is 110 Å². The van der Waals surface area contributed by atoms with E-state index in [0.29, 0.717) is 5.39 Å². The van der Waals surface area contributed by atoms with Gasteiger partial charge in [-0.3, -0.25) is 4.79 Å². The zero-order valence-corrected chi connectivity index (χ0v) is 10.1. The highest BCUT2D eigenvalue weighted by Crippen LogP contribution is 2.37. The highest BCUT2D eigenvalue weighted by molar-refractivity contribution is 6.36. The van der Waals surface area contributed by atoms with Gasteiger partial charge in [-0.2, -0.15) is 13.2 Å². The van der Waals surface area contributed by atoms with Gasteiger partial charge in [-0.25, -0.2) is 4.98 Å². The van der Waals surface area contributed by atoms with E-state index in [-0.39, 0.29) is 10.5 Å². The van der Waals surface area contributed by atoms with Gasteiger partial charge in [-0.1, -0.05) is 29.8 Å². The number of aliphatic carboxylic acids is 1. The lowest BCUT2D eigenvalue weighted by molar-refractivity contribution is -0.142. The Morgan fingerprint density at radius 1 is 1.32 bits per heavy atom. The SMILES string of the molecule is O=C(O)Cc1c(C(F)(F)F)nc2ccccc2c1Cl. The molecule has 0 spiro atoms. The molecule has 1 heterocycles. The predicted molar refractivity (Wildman–Crippen MR) is 63.1 cm³/mol. The third-order valence-electron chi connectivity index (χ3n) is 2.52. The van der Waals surface area contributed by atoms with Crippen LogP contribution in [-0.4, -0.2) is 16.1 Å². The molecule has 0 bridgehead atoms. The Bertz CT molecular complexity index is 655. The monoisotopic (exact) mass is 289 g/mol. The van der Waals surface area contributed by atoms with Crippen molar-refractivity contribution in [3.63, 3.8) is 0 Å². The van der Waals surface area contributed by atoms with Crippen molar-refractivity contribution < 1.29 is 23.1 Å². The first-order valence-electron chi connectivity index (χ1n) is 5.17. The van der Waals surface area contributed by atoms with Crippen molar-refractivity contribution in [2.24, 2.45) is 0 Å². The second-order valence-electron chi connectivity index (χ2n) is 3.84. The lowest BCUT2D eigenvalue weighted by Crippen LogP contribution is -2.15. The highest BCUT2D eigenvalue weighted by Gasteiger charge is 2.37. The largest absolute Gasteiger partial charge is 0.481 e. The first-order chi connectivity index (χ1) is 8.80. The summed E-state index contributed by atoms with van der Waals surface area (Å²) in [6.07, 6.45) is -5.58. The summed E-state index contributed by atoms with van der Waals surface area (Å²) < 4.78 is 38.7. The van der Waals surface area contributed by atoms with Gasteiger partial charge in [0, 0.05) is 10.9 Å². The normalized spacial score (nSPS) is 11.8. The summed E-state index contributed by atoms with van der Waals surface area (Å²) in [4.78, 5) is 14.2. The third-order valence-corrected chi connectivity index (χ3v) is 2.95. The fraction of sp³-hybridized carbons (Fsp3) is 0.167. The number of carboxylic acids is 1. The minimum atomic E-state index is -4.75. The second kappa shape index (κ2) is 4.70. The molecule has 0 radical (unpaired) electrons. The van der Waals surface area contributed by atoms with Crippen LogP contribution in [-0.2, 0) is 17.4 Å².